The molecule has 31 heavy (non-hydrogen) atoms. The van der Waals surface area contributed by atoms with E-state index in [2.05, 4.69) is 20.6 Å². The quantitative estimate of drug-likeness (QED) is 0.407. The van der Waals surface area contributed by atoms with Gasteiger partial charge in [-0.05, 0) is 42.5 Å². The molecule has 7 nitrogen and oxygen atoms in total. The van der Waals surface area contributed by atoms with Gasteiger partial charge in [-0.15, -0.1) is 0 Å². The van der Waals surface area contributed by atoms with Crippen molar-refractivity contribution in [1.82, 2.24) is 9.97 Å². The molecular weight excluding hydrogens is 423 g/mol. The molecule has 0 bridgehead atoms. The number of rotatable bonds is 5. The van der Waals surface area contributed by atoms with Crippen molar-refractivity contribution >= 4 is 40.0 Å². The Hall–Kier alpha value is -3.91. The first-order chi connectivity index (χ1) is 15.0. The summed E-state index contributed by atoms with van der Waals surface area (Å²) in [5, 5.41) is 5.67. The smallest absolute Gasteiger partial charge is 0.323 e. The lowest BCUT2D eigenvalue weighted by Crippen LogP contribution is -2.19. The maximum atomic E-state index is 14.5. The van der Waals surface area contributed by atoms with Gasteiger partial charge in [-0.3, -0.25) is 0 Å². The Morgan fingerprint density at radius 2 is 1.81 bits per heavy atom. The van der Waals surface area contributed by atoms with Gasteiger partial charge in [-0.2, -0.15) is 0 Å². The number of nitrogens with zero attached hydrogens (tertiary/aromatic N) is 2. The molecule has 0 spiro atoms. The summed E-state index contributed by atoms with van der Waals surface area (Å²) in [6.07, 6.45) is 1.51. The Morgan fingerprint density at radius 1 is 1.00 bits per heavy atom. The average Bonchev–Trinajstić information content (AvgIpc) is 2.75. The summed E-state index contributed by atoms with van der Waals surface area (Å²) in [6.45, 7) is 0. The molecule has 0 unspecified atom stereocenters. The van der Waals surface area contributed by atoms with Gasteiger partial charge in [0, 0.05) is 28.5 Å². The highest BCUT2D eigenvalue weighted by atomic mass is 35.5. The number of anilines is 2. The summed E-state index contributed by atoms with van der Waals surface area (Å²) in [6, 6.07) is 15.3. The van der Waals surface area contributed by atoms with E-state index in [4.69, 9.17) is 21.1 Å². The molecule has 2 N–H and O–H groups in total. The van der Waals surface area contributed by atoms with Crippen LogP contribution < -0.4 is 20.1 Å². The van der Waals surface area contributed by atoms with Crippen molar-refractivity contribution in [1.29, 1.82) is 0 Å². The zero-order chi connectivity index (χ0) is 21.8. The van der Waals surface area contributed by atoms with E-state index in [-0.39, 0.29) is 11.4 Å². The number of benzene rings is 3. The van der Waals surface area contributed by atoms with Gasteiger partial charge in [0.1, 0.15) is 5.75 Å². The number of carbonyl (C=O) groups excluding carboxylic acids is 1. The monoisotopic (exact) mass is 438 g/mol. The highest BCUT2D eigenvalue weighted by molar-refractivity contribution is 6.30. The first-order valence-corrected chi connectivity index (χ1v) is 9.50. The fourth-order valence-corrected chi connectivity index (χ4v) is 2.97. The molecule has 0 radical (unpaired) electrons. The van der Waals surface area contributed by atoms with Crippen LogP contribution >= 0.6 is 11.6 Å². The number of carbonyl (C=O) groups is 1. The lowest BCUT2D eigenvalue weighted by molar-refractivity contribution is 0.262. The van der Waals surface area contributed by atoms with Crippen LogP contribution in [0, 0.1) is 5.82 Å². The third-order valence-electron chi connectivity index (χ3n) is 4.20. The molecule has 0 atom stereocenters. The largest absolute Gasteiger partial charge is 0.480 e. The number of ether oxygens (including phenoxy) is 2. The fraction of sp³-hybridized carbons (Fsp3) is 0.0455. The zero-order valence-corrected chi connectivity index (χ0v) is 17.0. The second kappa shape index (κ2) is 8.85. The standard InChI is InChI=1S/C22H16ClFN4O3/c1-30-21-12-25-18-7-6-16(11-19(18)28-21)31-20-8-5-15(10-17(20)24)27-22(29)26-14-4-2-3-13(23)9-14/h2-12H,1H3,(H2,26,27,29). The number of amides is 2. The number of halogens is 2. The Labute approximate surface area is 181 Å². The molecule has 3 aromatic carbocycles. The number of hydrogen-bond donors (Lipinski definition) is 2. The van der Waals surface area contributed by atoms with Crippen LogP contribution in [0.25, 0.3) is 11.0 Å². The molecule has 156 valence electrons. The van der Waals surface area contributed by atoms with E-state index in [9.17, 15) is 9.18 Å². The SMILES string of the molecule is COc1cnc2ccc(Oc3ccc(NC(=O)Nc4cccc(Cl)c4)cc3F)cc2n1. The average molecular weight is 439 g/mol. The van der Waals surface area contributed by atoms with E-state index in [1.165, 1.54) is 25.4 Å². The van der Waals surface area contributed by atoms with E-state index in [1.54, 1.807) is 42.5 Å². The predicted molar refractivity (Wildman–Crippen MR) is 117 cm³/mol. The Kier molecular flexibility index (Phi) is 5.81. The molecule has 1 aromatic heterocycles. The van der Waals surface area contributed by atoms with Crippen molar-refractivity contribution in [2.45, 2.75) is 0 Å². The highest BCUT2D eigenvalue weighted by Gasteiger charge is 2.10. The van der Waals surface area contributed by atoms with Crippen LogP contribution in [0.15, 0.2) is 66.9 Å². The number of aromatic nitrogens is 2. The van der Waals surface area contributed by atoms with Gasteiger partial charge in [0.05, 0.1) is 24.3 Å². The van der Waals surface area contributed by atoms with Crippen LogP contribution in [0.2, 0.25) is 5.02 Å². The van der Waals surface area contributed by atoms with Gasteiger partial charge in [0.2, 0.25) is 5.88 Å². The van der Waals surface area contributed by atoms with Gasteiger partial charge >= 0.3 is 6.03 Å². The van der Waals surface area contributed by atoms with Crippen molar-refractivity contribution < 1.29 is 18.7 Å². The molecule has 4 rings (SSSR count). The Morgan fingerprint density at radius 3 is 2.55 bits per heavy atom. The molecule has 0 aliphatic heterocycles. The molecule has 0 saturated carbocycles. The topological polar surface area (TPSA) is 85.4 Å². The van der Waals surface area contributed by atoms with Crippen molar-refractivity contribution in [3.05, 3.63) is 77.7 Å². The summed E-state index contributed by atoms with van der Waals surface area (Å²) in [5.41, 5.74) is 1.98. The molecule has 4 aromatic rings. The molecule has 0 aliphatic rings. The maximum Gasteiger partial charge on any atom is 0.323 e. The number of urea groups is 1. The summed E-state index contributed by atoms with van der Waals surface area (Å²) in [4.78, 5) is 20.6. The van der Waals surface area contributed by atoms with Gasteiger partial charge in [0.15, 0.2) is 11.6 Å². The maximum absolute atomic E-state index is 14.5. The molecule has 1 heterocycles. The normalized spacial score (nSPS) is 10.5. The number of fused-ring (bicyclic) bond motifs is 1. The summed E-state index contributed by atoms with van der Waals surface area (Å²) >= 11 is 5.89. The van der Waals surface area contributed by atoms with Crippen LogP contribution in [0.4, 0.5) is 20.6 Å². The Bertz CT molecular complexity index is 1270. The molecule has 0 fully saturated rings. The van der Waals surface area contributed by atoms with E-state index in [1.807, 2.05) is 0 Å². The van der Waals surface area contributed by atoms with Gasteiger partial charge < -0.3 is 20.1 Å². The lowest BCUT2D eigenvalue weighted by atomic mass is 10.2. The lowest BCUT2D eigenvalue weighted by Gasteiger charge is -2.11. The molecule has 9 heteroatoms. The van der Waals surface area contributed by atoms with E-state index in [0.717, 1.165) is 6.07 Å². The highest BCUT2D eigenvalue weighted by Crippen LogP contribution is 2.29. The van der Waals surface area contributed by atoms with Gasteiger partial charge in [0.25, 0.3) is 0 Å². The predicted octanol–water partition coefficient (Wildman–Crippen LogP) is 5.87. The van der Waals surface area contributed by atoms with Crippen molar-refractivity contribution in [2.24, 2.45) is 0 Å². The fourth-order valence-electron chi connectivity index (χ4n) is 2.78. The minimum absolute atomic E-state index is 0.00370. The molecule has 0 saturated heterocycles. The van der Waals surface area contributed by atoms with E-state index in [0.29, 0.717) is 33.4 Å². The van der Waals surface area contributed by atoms with Crippen molar-refractivity contribution in [3.63, 3.8) is 0 Å². The number of methoxy groups -OCH3 is 1. The summed E-state index contributed by atoms with van der Waals surface area (Å²) in [5.74, 6) is 0.101. The van der Waals surface area contributed by atoms with E-state index >= 15 is 0 Å². The second-order valence-corrected chi connectivity index (χ2v) is 6.84. The zero-order valence-electron chi connectivity index (χ0n) is 16.2. The van der Waals surface area contributed by atoms with Crippen LogP contribution in [-0.2, 0) is 0 Å². The number of nitrogens with one attached hydrogen (secondary N) is 2. The number of hydrogen-bond acceptors (Lipinski definition) is 5. The van der Waals surface area contributed by atoms with Crippen LogP contribution in [0.3, 0.4) is 0 Å². The first kappa shape index (κ1) is 20.4. The third kappa shape index (κ3) is 4.99. The van der Waals surface area contributed by atoms with Crippen LogP contribution in [0.1, 0.15) is 0 Å². The minimum atomic E-state index is -0.641. The van der Waals surface area contributed by atoms with Gasteiger partial charge in [-0.1, -0.05) is 17.7 Å². The first-order valence-electron chi connectivity index (χ1n) is 9.12. The molecule has 0 aliphatic carbocycles. The summed E-state index contributed by atoms with van der Waals surface area (Å²) in [7, 11) is 1.50. The van der Waals surface area contributed by atoms with Crippen molar-refractivity contribution in [2.75, 3.05) is 17.7 Å². The summed E-state index contributed by atoms with van der Waals surface area (Å²) < 4.78 is 25.2. The van der Waals surface area contributed by atoms with Crippen LogP contribution in [-0.4, -0.2) is 23.1 Å². The van der Waals surface area contributed by atoms with Gasteiger partial charge in [-0.25, -0.2) is 19.2 Å². The second-order valence-electron chi connectivity index (χ2n) is 6.40. The minimum Gasteiger partial charge on any atom is -0.480 e. The molecule has 2 amide bonds. The van der Waals surface area contributed by atoms with Crippen LogP contribution in [0.5, 0.6) is 17.4 Å². The Balaban J connectivity index is 1.46. The molecular formula is C22H16ClFN4O3. The van der Waals surface area contributed by atoms with E-state index < -0.39 is 11.8 Å². The third-order valence-corrected chi connectivity index (χ3v) is 4.44. The van der Waals surface area contributed by atoms with Crippen molar-refractivity contribution in [3.8, 4) is 17.4 Å².